The molecule has 0 saturated heterocycles. The maximum Gasteiger partial charge on any atom is 0.389 e. The predicted octanol–water partition coefficient (Wildman–Crippen LogP) is 1.94. The van der Waals surface area contributed by atoms with Crippen LogP contribution in [0.25, 0.3) is 0 Å². The van der Waals surface area contributed by atoms with E-state index in [0.29, 0.717) is 0 Å². The van der Waals surface area contributed by atoms with E-state index in [1.54, 1.807) is 13.8 Å². The summed E-state index contributed by atoms with van der Waals surface area (Å²) in [7, 11) is -3.40. The predicted molar refractivity (Wildman–Crippen MR) is 52.0 cm³/mol. The lowest BCUT2D eigenvalue weighted by Crippen LogP contribution is -2.11. The summed E-state index contributed by atoms with van der Waals surface area (Å²) in [6, 6.07) is 0. The van der Waals surface area contributed by atoms with Gasteiger partial charge < -0.3 is 9.26 Å². The first-order chi connectivity index (χ1) is 6.58. The zero-order valence-corrected chi connectivity index (χ0v) is 9.29. The smallest absolute Gasteiger partial charge is 0.389 e. The third kappa shape index (κ3) is 5.04. The molecule has 0 N–H and O–H groups in total. The van der Waals surface area contributed by atoms with Crippen LogP contribution in [0.3, 0.4) is 0 Å². The van der Waals surface area contributed by atoms with Gasteiger partial charge in [-0.05, 0) is 13.8 Å². The van der Waals surface area contributed by atoms with E-state index < -0.39 is 13.6 Å². The van der Waals surface area contributed by atoms with E-state index in [-0.39, 0.29) is 19.4 Å². The van der Waals surface area contributed by atoms with Gasteiger partial charge in [0, 0.05) is 0 Å². The quantitative estimate of drug-likeness (QED) is 0.374. The van der Waals surface area contributed by atoms with Crippen LogP contribution in [0.15, 0.2) is 12.8 Å². The van der Waals surface area contributed by atoms with Gasteiger partial charge in [0.25, 0.3) is 0 Å². The summed E-state index contributed by atoms with van der Waals surface area (Å²) in [5.41, 5.74) is 0. The molecule has 0 bridgehead atoms. The molecular formula is C8H15O5P. The van der Waals surface area contributed by atoms with Crippen LogP contribution in [-0.2, 0) is 23.1 Å². The Bertz CT molecular complexity index is 238. The lowest BCUT2D eigenvalue weighted by Gasteiger charge is -2.14. The van der Waals surface area contributed by atoms with Gasteiger partial charge in [0.05, 0.1) is 19.5 Å². The SMILES string of the molecule is C=COP(=O)(CC(=O)OCC)OCC. The molecule has 0 aromatic rings. The second-order valence-electron chi connectivity index (χ2n) is 2.26. The first-order valence-electron chi connectivity index (χ1n) is 4.26. The molecule has 0 saturated carbocycles. The molecule has 0 heterocycles. The van der Waals surface area contributed by atoms with E-state index in [1.807, 2.05) is 0 Å². The van der Waals surface area contributed by atoms with Gasteiger partial charge in [-0.3, -0.25) is 9.32 Å². The molecule has 0 aliphatic carbocycles. The summed E-state index contributed by atoms with van der Waals surface area (Å²) in [5, 5.41) is 0. The van der Waals surface area contributed by atoms with E-state index in [4.69, 9.17) is 4.52 Å². The van der Waals surface area contributed by atoms with Crippen LogP contribution in [0.1, 0.15) is 13.8 Å². The van der Waals surface area contributed by atoms with Gasteiger partial charge in [-0.25, -0.2) is 4.57 Å². The summed E-state index contributed by atoms with van der Waals surface area (Å²) in [4.78, 5) is 11.0. The Kier molecular flexibility index (Phi) is 6.25. The van der Waals surface area contributed by atoms with Crippen LogP contribution < -0.4 is 0 Å². The van der Waals surface area contributed by atoms with E-state index in [9.17, 15) is 9.36 Å². The lowest BCUT2D eigenvalue weighted by molar-refractivity contribution is -0.140. The second kappa shape index (κ2) is 6.62. The summed E-state index contributed by atoms with van der Waals surface area (Å²) in [6.45, 7) is 7.01. The van der Waals surface area contributed by atoms with Gasteiger partial charge in [0.2, 0.25) is 0 Å². The Balaban J connectivity index is 4.28. The molecule has 1 atom stereocenters. The van der Waals surface area contributed by atoms with Gasteiger partial charge in [0.1, 0.15) is 0 Å². The maximum absolute atomic E-state index is 11.7. The third-order valence-corrected chi connectivity index (χ3v) is 2.96. The fourth-order valence-electron chi connectivity index (χ4n) is 0.788. The van der Waals surface area contributed by atoms with Crippen molar-refractivity contribution in [2.24, 2.45) is 0 Å². The van der Waals surface area contributed by atoms with Crippen molar-refractivity contribution < 1.29 is 23.1 Å². The summed E-state index contributed by atoms with van der Waals surface area (Å²) < 4.78 is 25.8. The first-order valence-corrected chi connectivity index (χ1v) is 5.99. The Morgan fingerprint density at radius 3 is 2.50 bits per heavy atom. The zero-order chi connectivity index (χ0) is 11.0. The Morgan fingerprint density at radius 1 is 1.43 bits per heavy atom. The molecule has 0 radical (unpaired) electrons. The molecule has 0 aliphatic rings. The molecule has 0 fully saturated rings. The fraction of sp³-hybridized carbons (Fsp3) is 0.625. The first kappa shape index (κ1) is 13.2. The number of ether oxygens (including phenoxy) is 1. The van der Waals surface area contributed by atoms with Crippen LogP contribution in [0.5, 0.6) is 0 Å². The minimum Gasteiger partial charge on any atom is -0.465 e. The van der Waals surface area contributed by atoms with Crippen molar-refractivity contribution >= 4 is 13.6 Å². The summed E-state index contributed by atoms with van der Waals surface area (Å²) >= 11 is 0. The van der Waals surface area contributed by atoms with Gasteiger partial charge in [-0.2, -0.15) is 0 Å². The van der Waals surface area contributed by atoms with Crippen LogP contribution in [0.4, 0.5) is 0 Å². The highest BCUT2D eigenvalue weighted by Gasteiger charge is 2.28. The van der Waals surface area contributed by atoms with Crippen LogP contribution in [-0.4, -0.2) is 25.3 Å². The van der Waals surface area contributed by atoms with Crippen molar-refractivity contribution in [3.63, 3.8) is 0 Å². The molecule has 0 aromatic carbocycles. The average Bonchev–Trinajstić information content (AvgIpc) is 2.04. The number of carbonyl (C=O) groups excluding carboxylic acids is 1. The van der Waals surface area contributed by atoms with Crippen molar-refractivity contribution in [3.05, 3.63) is 12.8 Å². The van der Waals surface area contributed by atoms with Crippen LogP contribution in [0, 0.1) is 0 Å². The molecule has 0 rings (SSSR count). The Morgan fingerprint density at radius 2 is 2.07 bits per heavy atom. The van der Waals surface area contributed by atoms with Crippen molar-refractivity contribution in [2.45, 2.75) is 13.8 Å². The summed E-state index contributed by atoms with van der Waals surface area (Å²) in [5.74, 6) is -0.605. The summed E-state index contributed by atoms with van der Waals surface area (Å²) in [6.07, 6.45) is 0.608. The molecule has 0 aliphatic heterocycles. The minimum absolute atomic E-state index is 0.199. The van der Waals surface area contributed by atoms with Gasteiger partial charge in [-0.1, -0.05) is 6.58 Å². The van der Waals surface area contributed by atoms with Gasteiger partial charge in [0.15, 0.2) is 6.16 Å². The highest BCUT2D eigenvalue weighted by atomic mass is 31.2. The normalized spacial score (nSPS) is 14.1. The Hall–Kier alpha value is -0.800. The molecular weight excluding hydrogens is 207 g/mol. The van der Waals surface area contributed by atoms with Crippen molar-refractivity contribution in [2.75, 3.05) is 19.4 Å². The topological polar surface area (TPSA) is 61.8 Å². The lowest BCUT2D eigenvalue weighted by atomic mass is 10.8. The average molecular weight is 222 g/mol. The monoisotopic (exact) mass is 222 g/mol. The molecule has 6 heteroatoms. The van der Waals surface area contributed by atoms with E-state index in [2.05, 4.69) is 15.8 Å². The number of hydrogen-bond donors (Lipinski definition) is 0. The number of carbonyl (C=O) groups is 1. The third-order valence-electron chi connectivity index (χ3n) is 1.19. The molecule has 1 unspecified atom stereocenters. The van der Waals surface area contributed by atoms with Crippen molar-refractivity contribution in [1.82, 2.24) is 0 Å². The molecule has 14 heavy (non-hydrogen) atoms. The van der Waals surface area contributed by atoms with Crippen molar-refractivity contribution in [1.29, 1.82) is 0 Å². The molecule has 5 nitrogen and oxygen atoms in total. The zero-order valence-electron chi connectivity index (χ0n) is 8.39. The highest BCUT2D eigenvalue weighted by molar-refractivity contribution is 7.54. The molecule has 82 valence electrons. The van der Waals surface area contributed by atoms with Gasteiger partial charge >= 0.3 is 13.6 Å². The second-order valence-corrected chi connectivity index (χ2v) is 4.27. The number of hydrogen-bond acceptors (Lipinski definition) is 5. The van der Waals surface area contributed by atoms with Gasteiger partial charge in [-0.15, -0.1) is 0 Å². The van der Waals surface area contributed by atoms with E-state index in [1.165, 1.54) is 0 Å². The fourth-order valence-corrected chi connectivity index (χ4v) is 2.04. The van der Waals surface area contributed by atoms with Crippen LogP contribution >= 0.6 is 7.60 Å². The Labute approximate surface area is 83.6 Å². The highest BCUT2D eigenvalue weighted by Crippen LogP contribution is 2.48. The molecule has 0 amide bonds. The van der Waals surface area contributed by atoms with E-state index >= 15 is 0 Å². The largest absolute Gasteiger partial charge is 0.465 e. The minimum atomic E-state index is -3.40. The number of rotatable bonds is 7. The van der Waals surface area contributed by atoms with Crippen LogP contribution in [0.2, 0.25) is 0 Å². The van der Waals surface area contributed by atoms with E-state index in [0.717, 1.165) is 6.26 Å². The number of esters is 1. The molecule has 0 aromatic heterocycles. The van der Waals surface area contributed by atoms with Crippen molar-refractivity contribution in [3.8, 4) is 0 Å². The maximum atomic E-state index is 11.7. The molecule has 0 spiro atoms. The standard InChI is InChI=1S/C8H15O5P/c1-4-11-8(9)7-14(10,12-5-2)13-6-3/h5H,2,4,6-7H2,1,3H3.